The van der Waals surface area contributed by atoms with E-state index in [1.165, 1.54) is 11.8 Å². The van der Waals surface area contributed by atoms with Gasteiger partial charge < -0.3 is 9.64 Å². The second kappa shape index (κ2) is 12.4. The number of carbonyl (C=O) groups excluding carboxylic acids is 1. The van der Waals surface area contributed by atoms with Crippen LogP contribution >= 0.6 is 0 Å². The van der Waals surface area contributed by atoms with Crippen LogP contribution in [0.15, 0.2) is 72.0 Å². The molecular weight excluding hydrogens is 536 g/mol. The molecule has 1 amide bonds. The number of piperidine rings is 1. The van der Waals surface area contributed by atoms with Gasteiger partial charge in [0.1, 0.15) is 5.60 Å². The van der Waals surface area contributed by atoms with Gasteiger partial charge in [0.2, 0.25) is 0 Å². The molecule has 0 aliphatic carbocycles. The van der Waals surface area contributed by atoms with Gasteiger partial charge in [0.25, 0.3) is 0 Å². The molecule has 0 saturated carbocycles. The Morgan fingerprint density at radius 1 is 0.976 bits per heavy atom. The van der Waals surface area contributed by atoms with Gasteiger partial charge in [0, 0.05) is 42.9 Å². The van der Waals surface area contributed by atoms with E-state index in [0.29, 0.717) is 11.6 Å². The lowest BCUT2D eigenvalue weighted by atomic mass is 9.90. The zero-order valence-corrected chi connectivity index (χ0v) is 25.6. The van der Waals surface area contributed by atoms with Crippen molar-refractivity contribution in [3.63, 3.8) is 0 Å². The van der Waals surface area contributed by atoms with Gasteiger partial charge >= 0.3 is 6.09 Å². The first-order valence-corrected chi connectivity index (χ1v) is 16.1. The number of hydrogen-bond donors (Lipinski definition) is 0. The van der Waals surface area contributed by atoms with Crippen LogP contribution in [0.4, 0.5) is 4.79 Å². The number of fused-ring (bicyclic) bond motifs is 1. The predicted molar refractivity (Wildman–Crippen MR) is 163 cm³/mol. The minimum atomic E-state index is -3.31. The number of amides is 1. The van der Waals surface area contributed by atoms with Crippen molar-refractivity contribution in [1.29, 1.82) is 0 Å². The standard InChI is InChI=1S/C30H34N4O4S.C2H6/c1-30(2,3)38-29(35)33-14-12-22(13-15-33)16-21-8-10-23(11-9-21)25-18-31-28-27(19-32-34(28)20-25)24-6-5-7-26(17-24)39(4,36)37;1-2/h5-11,17-20,22H,12-16H2,1-4H3;1-2H3. The molecule has 0 N–H and O–H groups in total. The van der Waals surface area contributed by atoms with Crippen molar-refractivity contribution in [1.82, 2.24) is 19.5 Å². The van der Waals surface area contributed by atoms with Crippen molar-refractivity contribution in [2.24, 2.45) is 5.92 Å². The minimum Gasteiger partial charge on any atom is -0.444 e. The molecule has 0 bridgehead atoms. The molecule has 3 heterocycles. The zero-order chi connectivity index (χ0) is 29.8. The molecule has 1 fully saturated rings. The Kier molecular flexibility index (Phi) is 9.17. The van der Waals surface area contributed by atoms with E-state index in [9.17, 15) is 13.2 Å². The molecule has 0 unspecified atom stereocenters. The Morgan fingerprint density at radius 2 is 1.66 bits per heavy atom. The Morgan fingerprint density at radius 3 is 2.29 bits per heavy atom. The molecule has 8 nitrogen and oxygen atoms in total. The molecule has 218 valence electrons. The van der Waals surface area contributed by atoms with Crippen LogP contribution in [0.2, 0.25) is 0 Å². The quantitative estimate of drug-likeness (QED) is 0.263. The summed E-state index contributed by atoms with van der Waals surface area (Å²) in [6.07, 6.45) is 9.37. The van der Waals surface area contributed by atoms with Crippen LogP contribution in [0, 0.1) is 5.92 Å². The van der Waals surface area contributed by atoms with Gasteiger partial charge in [-0.15, -0.1) is 0 Å². The highest BCUT2D eigenvalue weighted by atomic mass is 32.2. The molecule has 1 saturated heterocycles. The summed E-state index contributed by atoms with van der Waals surface area (Å²) in [5.74, 6) is 0.538. The van der Waals surface area contributed by atoms with Crippen molar-refractivity contribution in [3.8, 4) is 22.3 Å². The Labute approximate surface area is 243 Å². The SMILES string of the molecule is CC.CC(C)(C)OC(=O)N1CCC(Cc2ccc(-c3cnc4c(-c5cccc(S(C)(=O)=O)c5)cnn4c3)cc2)CC1. The third kappa shape index (κ3) is 7.52. The summed E-state index contributed by atoms with van der Waals surface area (Å²) in [6.45, 7) is 11.1. The molecule has 2 aromatic carbocycles. The second-order valence-electron chi connectivity index (χ2n) is 11.3. The fourth-order valence-electron chi connectivity index (χ4n) is 4.93. The van der Waals surface area contributed by atoms with E-state index in [2.05, 4.69) is 34.3 Å². The first-order chi connectivity index (χ1) is 19.5. The summed E-state index contributed by atoms with van der Waals surface area (Å²) in [6, 6.07) is 15.4. The topological polar surface area (TPSA) is 93.9 Å². The lowest BCUT2D eigenvalue weighted by molar-refractivity contribution is 0.0184. The molecule has 0 spiro atoms. The average Bonchev–Trinajstić information content (AvgIpc) is 3.37. The fourth-order valence-corrected chi connectivity index (χ4v) is 5.60. The normalized spacial score (nSPS) is 14.4. The van der Waals surface area contributed by atoms with Gasteiger partial charge in [-0.3, -0.25) is 0 Å². The average molecular weight is 577 g/mol. The van der Waals surface area contributed by atoms with Gasteiger partial charge in [-0.05, 0) is 74.8 Å². The summed E-state index contributed by atoms with van der Waals surface area (Å²) in [4.78, 5) is 19.1. The molecule has 4 aromatic rings. The summed E-state index contributed by atoms with van der Waals surface area (Å²) >= 11 is 0. The van der Waals surface area contributed by atoms with Crippen LogP contribution < -0.4 is 0 Å². The molecule has 5 rings (SSSR count). The lowest BCUT2D eigenvalue weighted by Crippen LogP contribution is -2.42. The number of nitrogens with zero attached hydrogens (tertiary/aromatic N) is 4. The number of benzene rings is 2. The highest BCUT2D eigenvalue weighted by Gasteiger charge is 2.27. The number of carbonyl (C=O) groups is 1. The van der Waals surface area contributed by atoms with Gasteiger partial charge in [0.05, 0.1) is 11.1 Å². The number of rotatable bonds is 5. The third-order valence-corrected chi connectivity index (χ3v) is 8.12. The summed E-state index contributed by atoms with van der Waals surface area (Å²) in [7, 11) is -3.31. The Hall–Kier alpha value is -3.72. The van der Waals surface area contributed by atoms with E-state index in [0.717, 1.165) is 54.6 Å². The lowest BCUT2D eigenvalue weighted by Gasteiger charge is -2.33. The fraction of sp³-hybridized carbons (Fsp3) is 0.406. The van der Waals surface area contributed by atoms with Gasteiger partial charge in [-0.1, -0.05) is 50.2 Å². The van der Waals surface area contributed by atoms with E-state index in [4.69, 9.17) is 4.74 Å². The molecular formula is C32H40N4O4S. The summed E-state index contributed by atoms with van der Waals surface area (Å²) in [5.41, 5.74) is 4.99. The van der Waals surface area contributed by atoms with E-state index in [1.807, 2.05) is 58.0 Å². The second-order valence-corrected chi connectivity index (χ2v) is 13.3. The first kappa shape index (κ1) is 30.2. The summed E-state index contributed by atoms with van der Waals surface area (Å²) in [5, 5.41) is 4.47. The Balaban J connectivity index is 0.00000189. The molecule has 9 heteroatoms. The van der Waals surface area contributed by atoms with Crippen LogP contribution in [0.5, 0.6) is 0 Å². The molecule has 0 atom stereocenters. The van der Waals surface area contributed by atoms with E-state index in [-0.39, 0.29) is 11.0 Å². The largest absolute Gasteiger partial charge is 0.444 e. The number of likely N-dealkylation sites (tertiary alicyclic amines) is 1. The first-order valence-electron chi connectivity index (χ1n) is 14.2. The molecule has 2 aromatic heterocycles. The van der Waals surface area contributed by atoms with Crippen LogP contribution in [0.25, 0.3) is 27.9 Å². The molecule has 0 radical (unpaired) electrons. The molecule has 1 aliphatic heterocycles. The zero-order valence-electron chi connectivity index (χ0n) is 24.8. The van der Waals surface area contributed by atoms with Crippen LogP contribution in [-0.2, 0) is 21.0 Å². The van der Waals surface area contributed by atoms with E-state index < -0.39 is 15.4 Å². The van der Waals surface area contributed by atoms with Gasteiger partial charge in [-0.2, -0.15) is 5.10 Å². The number of hydrogen-bond acceptors (Lipinski definition) is 6. The third-order valence-electron chi connectivity index (χ3n) is 7.01. The molecule has 1 aliphatic rings. The summed E-state index contributed by atoms with van der Waals surface area (Å²) < 4.78 is 31.2. The van der Waals surface area contributed by atoms with E-state index in [1.54, 1.807) is 28.9 Å². The highest BCUT2D eigenvalue weighted by molar-refractivity contribution is 7.90. The highest BCUT2D eigenvalue weighted by Crippen LogP contribution is 2.28. The molecule has 41 heavy (non-hydrogen) atoms. The number of sulfone groups is 1. The maximum atomic E-state index is 12.3. The van der Waals surface area contributed by atoms with Crippen molar-refractivity contribution in [3.05, 3.63) is 72.7 Å². The predicted octanol–water partition coefficient (Wildman–Crippen LogP) is 6.68. The maximum absolute atomic E-state index is 12.3. The Bertz CT molecular complexity index is 1600. The maximum Gasteiger partial charge on any atom is 0.410 e. The van der Waals surface area contributed by atoms with Crippen molar-refractivity contribution in [2.45, 2.75) is 64.4 Å². The number of ether oxygens (including phenoxy) is 1. The van der Waals surface area contributed by atoms with Crippen LogP contribution in [-0.4, -0.2) is 59.0 Å². The number of aromatic nitrogens is 3. The van der Waals surface area contributed by atoms with Gasteiger partial charge in [-0.25, -0.2) is 22.7 Å². The monoisotopic (exact) mass is 576 g/mol. The smallest absolute Gasteiger partial charge is 0.410 e. The minimum absolute atomic E-state index is 0.220. The van der Waals surface area contributed by atoms with Crippen molar-refractivity contribution >= 4 is 21.6 Å². The van der Waals surface area contributed by atoms with Crippen LogP contribution in [0.3, 0.4) is 0 Å². The van der Waals surface area contributed by atoms with Crippen molar-refractivity contribution < 1.29 is 17.9 Å². The van der Waals surface area contributed by atoms with Gasteiger partial charge in [0.15, 0.2) is 15.5 Å². The van der Waals surface area contributed by atoms with E-state index >= 15 is 0 Å². The van der Waals surface area contributed by atoms with Crippen LogP contribution in [0.1, 0.15) is 53.0 Å². The van der Waals surface area contributed by atoms with Crippen molar-refractivity contribution in [2.75, 3.05) is 19.3 Å².